The third-order valence-electron chi connectivity index (χ3n) is 4.59. The van der Waals surface area contributed by atoms with Crippen LogP contribution in [0.15, 0.2) is 60.0 Å². The van der Waals surface area contributed by atoms with Gasteiger partial charge in [-0.15, -0.1) is 0 Å². The van der Waals surface area contributed by atoms with E-state index < -0.39 is 23.1 Å². The minimum absolute atomic E-state index is 0.0652. The maximum Gasteiger partial charge on any atom is 0.296 e. The summed E-state index contributed by atoms with van der Waals surface area (Å²) in [5.74, 6) is -1.46. The molecule has 0 saturated heterocycles. The van der Waals surface area contributed by atoms with Gasteiger partial charge in [-0.05, 0) is 24.3 Å². The van der Waals surface area contributed by atoms with E-state index in [2.05, 4.69) is 9.97 Å². The molecule has 0 fully saturated rings. The number of aliphatic hydroxyl groups is 1. The number of carbonyl (C=O) groups is 2. The first-order chi connectivity index (χ1) is 13.3. The number of hydrogen-bond donors (Lipinski definition) is 1. The molecule has 1 aliphatic heterocycles. The lowest BCUT2D eigenvalue weighted by Gasteiger charge is -2.26. The third-order valence-corrected chi connectivity index (χ3v) is 5.63. The molecule has 28 heavy (non-hydrogen) atoms. The van der Waals surface area contributed by atoms with Crippen molar-refractivity contribution in [2.75, 3.05) is 4.90 Å². The molecule has 1 N–H and O–H groups in total. The first kappa shape index (κ1) is 18.3. The van der Waals surface area contributed by atoms with Crippen molar-refractivity contribution in [3.05, 3.63) is 65.7 Å². The van der Waals surface area contributed by atoms with Gasteiger partial charge in [0.05, 0.1) is 21.5 Å². The van der Waals surface area contributed by atoms with Crippen LogP contribution in [0.3, 0.4) is 0 Å². The molecule has 0 spiro atoms. The van der Waals surface area contributed by atoms with E-state index in [0.29, 0.717) is 10.8 Å². The van der Waals surface area contributed by atoms with Crippen molar-refractivity contribution in [2.24, 2.45) is 5.41 Å². The van der Waals surface area contributed by atoms with Crippen molar-refractivity contribution in [1.82, 2.24) is 9.97 Å². The maximum absolute atomic E-state index is 13.1. The quantitative estimate of drug-likeness (QED) is 0.721. The summed E-state index contributed by atoms with van der Waals surface area (Å²) in [7, 11) is 0. The van der Waals surface area contributed by atoms with Crippen LogP contribution in [0.25, 0.3) is 10.2 Å². The molecule has 2 aromatic heterocycles. The van der Waals surface area contributed by atoms with Crippen molar-refractivity contribution in [2.45, 2.75) is 26.8 Å². The number of aromatic nitrogens is 2. The van der Waals surface area contributed by atoms with Crippen molar-refractivity contribution in [3.8, 4) is 0 Å². The summed E-state index contributed by atoms with van der Waals surface area (Å²) in [6, 6.07) is 12.0. The highest BCUT2D eigenvalue weighted by atomic mass is 32.1. The van der Waals surface area contributed by atoms with Gasteiger partial charge in [0.2, 0.25) is 0 Å². The van der Waals surface area contributed by atoms with E-state index in [1.54, 1.807) is 45.2 Å². The first-order valence-corrected chi connectivity index (χ1v) is 9.68. The van der Waals surface area contributed by atoms with Crippen molar-refractivity contribution < 1.29 is 14.7 Å². The molecule has 0 aliphatic carbocycles. The molecular formula is C21H19N3O3S. The number of anilines is 1. The number of benzene rings is 1. The number of carbonyl (C=O) groups excluding carboxylic acids is 2. The Labute approximate surface area is 166 Å². The van der Waals surface area contributed by atoms with Gasteiger partial charge in [-0.25, -0.2) is 4.98 Å². The van der Waals surface area contributed by atoms with E-state index in [1.807, 2.05) is 24.3 Å². The van der Waals surface area contributed by atoms with Crippen LogP contribution >= 0.6 is 11.3 Å². The van der Waals surface area contributed by atoms with Crippen LogP contribution in [0.4, 0.5) is 5.13 Å². The summed E-state index contributed by atoms with van der Waals surface area (Å²) in [6.07, 6.45) is 1.60. The molecule has 4 rings (SSSR count). The fourth-order valence-corrected chi connectivity index (χ4v) is 4.21. The monoisotopic (exact) mass is 393 g/mol. The number of rotatable bonds is 3. The van der Waals surface area contributed by atoms with Gasteiger partial charge in [0, 0.05) is 11.6 Å². The topological polar surface area (TPSA) is 83.4 Å². The fraction of sp³-hybridized carbons (Fsp3) is 0.238. The lowest BCUT2D eigenvalue weighted by molar-refractivity contribution is -0.123. The standard InChI is InChI=1S/C21H19N3O3S/c1-21(2,3)18(26)15-16(13-9-6-7-11-22-13)24(19(27)17(15)25)20-23-12-8-4-5-10-14(12)28-20/h4-11,16,25H,1-3H3. The minimum atomic E-state index is -0.819. The van der Waals surface area contributed by atoms with Gasteiger partial charge in [-0.3, -0.25) is 19.5 Å². The van der Waals surface area contributed by atoms with Crippen LogP contribution in [0, 0.1) is 5.41 Å². The van der Waals surface area contributed by atoms with E-state index in [4.69, 9.17) is 0 Å². The summed E-state index contributed by atoms with van der Waals surface area (Å²) >= 11 is 1.34. The minimum Gasteiger partial charge on any atom is -0.503 e. The van der Waals surface area contributed by atoms with Crippen LogP contribution in [-0.2, 0) is 9.59 Å². The van der Waals surface area contributed by atoms with Crippen LogP contribution in [-0.4, -0.2) is 26.8 Å². The third kappa shape index (κ3) is 2.88. The largest absolute Gasteiger partial charge is 0.503 e. The Morgan fingerprint density at radius 2 is 1.86 bits per heavy atom. The molecule has 0 bridgehead atoms. The average molecular weight is 393 g/mol. The summed E-state index contributed by atoms with van der Waals surface area (Å²) in [6.45, 7) is 5.28. The van der Waals surface area contributed by atoms with Crippen molar-refractivity contribution in [3.63, 3.8) is 0 Å². The zero-order valence-corrected chi connectivity index (χ0v) is 16.5. The number of aliphatic hydroxyl groups excluding tert-OH is 1. The summed E-state index contributed by atoms with van der Waals surface area (Å²) < 4.78 is 0.917. The number of hydrogen-bond acceptors (Lipinski definition) is 6. The van der Waals surface area contributed by atoms with E-state index in [-0.39, 0.29) is 11.4 Å². The van der Waals surface area contributed by atoms with Crippen molar-refractivity contribution in [1.29, 1.82) is 0 Å². The summed E-state index contributed by atoms with van der Waals surface area (Å²) in [5, 5.41) is 11.1. The van der Waals surface area contributed by atoms with E-state index in [0.717, 1.165) is 10.2 Å². The molecule has 1 aromatic carbocycles. The molecule has 1 unspecified atom stereocenters. The molecule has 1 aliphatic rings. The fourth-order valence-electron chi connectivity index (χ4n) is 3.22. The van der Waals surface area contributed by atoms with Crippen LogP contribution in [0.1, 0.15) is 32.5 Å². The maximum atomic E-state index is 13.1. The Morgan fingerprint density at radius 1 is 1.14 bits per heavy atom. The summed E-state index contributed by atoms with van der Waals surface area (Å²) in [4.78, 5) is 36.4. The number of thiazole rings is 1. The van der Waals surface area contributed by atoms with Crippen LogP contribution in [0.5, 0.6) is 0 Å². The van der Waals surface area contributed by atoms with Crippen LogP contribution < -0.4 is 4.90 Å². The predicted molar refractivity (Wildman–Crippen MR) is 108 cm³/mol. The molecular weight excluding hydrogens is 374 g/mol. The summed E-state index contributed by atoms with van der Waals surface area (Å²) in [5.41, 5.74) is 0.563. The van der Waals surface area contributed by atoms with Gasteiger partial charge < -0.3 is 5.11 Å². The Balaban J connectivity index is 1.91. The number of amides is 1. The van der Waals surface area contributed by atoms with Gasteiger partial charge in [0.1, 0.15) is 6.04 Å². The Morgan fingerprint density at radius 3 is 2.50 bits per heavy atom. The average Bonchev–Trinajstić information content (AvgIpc) is 3.20. The molecule has 0 radical (unpaired) electrons. The van der Waals surface area contributed by atoms with E-state index >= 15 is 0 Å². The SMILES string of the molecule is CC(C)(C)C(=O)C1=C(O)C(=O)N(c2nc3ccccc3s2)C1c1ccccn1. The smallest absolute Gasteiger partial charge is 0.296 e. The first-order valence-electron chi connectivity index (χ1n) is 8.87. The highest BCUT2D eigenvalue weighted by Gasteiger charge is 2.48. The highest BCUT2D eigenvalue weighted by Crippen LogP contribution is 2.44. The van der Waals surface area contributed by atoms with Gasteiger partial charge in [-0.1, -0.05) is 50.3 Å². The Bertz CT molecular complexity index is 1080. The molecule has 7 heteroatoms. The lowest BCUT2D eigenvalue weighted by Crippen LogP contribution is -2.33. The number of fused-ring (bicyclic) bond motifs is 1. The molecule has 1 atom stereocenters. The highest BCUT2D eigenvalue weighted by molar-refractivity contribution is 7.22. The van der Waals surface area contributed by atoms with Gasteiger partial charge >= 0.3 is 0 Å². The van der Waals surface area contributed by atoms with Gasteiger partial charge in [-0.2, -0.15) is 0 Å². The molecule has 0 saturated carbocycles. The molecule has 1 amide bonds. The zero-order chi connectivity index (χ0) is 20.1. The van der Waals surface area contributed by atoms with Crippen molar-refractivity contribution >= 4 is 38.4 Å². The van der Waals surface area contributed by atoms with Gasteiger partial charge in [0.15, 0.2) is 16.7 Å². The number of para-hydroxylation sites is 1. The number of nitrogens with zero attached hydrogens (tertiary/aromatic N) is 3. The number of Topliss-reactive ketones (excluding diaryl/α,β-unsaturated/α-hetero) is 1. The molecule has 3 heterocycles. The normalized spacial score (nSPS) is 17.6. The predicted octanol–water partition coefficient (Wildman–Crippen LogP) is 4.21. The number of pyridine rings is 1. The molecule has 3 aromatic rings. The van der Waals surface area contributed by atoms with E-state index in [1.165, 1.54) is 16.2 Å². The second kappa shape index (κ2) is 6.53. The lowest BCUT2D eigenvalue weighted by atomic mass is 9.83. The zero-order valence-electron chi connectivity index (χ0n) is 15.7. The second-order valence-corrected chi connectivity index (χ2v) is 8.65. The molecule has 142 valence electrons. The Kier molecular flexibility index (Phi) is 4.27. The van der Waals surface area contributed by atoms with Gasteiger partial charge in [0.25, 0.3) is 5.91 Å². The van der Waals surface area contributed by atoms with Crippen LogP contribution in [0.2, 0.25) is 0 Å². The number of ketones is 1. The van der Waals surface area contributed by atoms with E-state index in [9.17, 15) is 14.7 Å². The molecule has 6 nitrogen and oxygen atoms in total. The Hall–Kier alpha value is -3.06. The second-order valence-electron chi connectivity index (χ2n) is 7.64.